The van der Waals surface area contributed by atoms with Crippen molar-refractivity contribution >= 4 is 54.8 Å². The normalized spacial score (nSPS) is 12.3. The molecular formula is C24H21ClFN3O4S2. The number of hydrogen-bond donors (Lipinski definition) is 1. The van der Waals surface area contributed by atoms with Crippen molar-refractivity contribution in [3.8, 4) is 0 Å². The van der Waals surface area contributed by atoms with Crippen molar-refractivity contribution in [2.24, 2.45) is 4.99 Å². The number of hydrogen-bond acceptors (Lipinski definition) is 5. The van der Waals surface area contributed by atoms with E-state index in [1.807, 2.05) is 23.6 Å². The Hall–Kier alpha value is -3.05. The van der Waals surface area contributed by atoms with Gasteiger partial charge in [-0.15, -0.1) is 0 Å². The molecule has 11 heteroatoms. The number of carbonyl (C=O) groups is 1. The predicted octanol–water partition coefficient (Wildman–Crippen LogP) is 5.07. The van der Waals surface area contributed by atoms with Gasteiger partial charge in [0.05, 0.1) is 21.7 Å². The van der Waals surface area contributed by atoms with Crippen molar-refractivity contribution in [1.82, 2.24) is 4.57 Å². The molecule has 182 valence electrons. The van der Waals surface area contributed by atoms with E-state index in [1.54, 1.807) is 18.2 Å². The van der Waals surface area contributed by atoms with Crippen LogP contribution < -0.4 is 9.52 Å². The Kier molecular flexibility index (Phi) is 7.66. The molecule has 7 nitrogen and oxygen atoms in total. The predicted molar refractivity (Wildman–Crippen MR) is 135 cm³/mol. The first-order valence-corrected chi connectivity index (χ1v) is 13.3. The average molecular weight is 534 g/mol. The quantitative estimate of drug-likeness (QED) is 0.320. The van der Waals surface area contributed by atoms with Crippen LogP contribution in [-0.2, 0) is 21.3 Å². The molecule has 0 unspecified atom stereocenters. The van der Waals surface area contributed by atoms with Crippen LogP contribution in [0.1, 0.15) is 17.3 Å². The second kappa shape index (κ2) is 10.7. The lowest BCUT2D eigenvalue weighted by atomic mass is 10.2. The number of amides is 1. The Morgan fingerprint density at radius 2 is 1.91 bits per heavy atom. The van der Waals surface area contributed by atoms with Crippen molar-refractivity contribution in [2.75, 3.05) is 17.9 Å². The Morgan fingerprint density at radius 1 is 1.14 bits per heavy atom. The molecule has 0 aliphatic carbocycles. The molecule has 35 heavy (non-hydrogen) atoms. The van der Waals surface area contributed by atoms with Gasteiger partial charge in [-0.2, -0.15) is 4.99 Å². The van der Waals surface area contributed by atoms with E-state index < -0.39 is 21.7 Å². The minimum Gasteiger partial charge on any atom is -0.380 e. The van der Waals surface area contributed by atoms with Crippen molar-refractivity contribution < 1.29 is 22.3 Å². The molecule has 0 aliphatic heterocycles. The minimum absolute atomic E-state index is 0.0976. The summed E-state index contributed by atoms with van der Waals surface area (Å²) in [5.74, 6) is -1.07. The van der Waals surface area contributed by atoms with Crippen molar-refractivity contribution in [3.05, 3.63) is 87.9 Å². The van der Waals surface area contributed by atoms with Gasteiger partial charge < -0.3 is 9.30 Å². The number of sulfonamides is 1. The number of rotatable bonds is 8. The van der Waals surface area contributed by atoms with Gasteiger partial charge in [-0.05, 0) is 67.6 Å². The van der Waals surface area contributed by atoms with Gasteiger partial charge in [-0.3, -0.25) is 9.52 Å². The van der Waals surface area contributed by atoms with Gasteiger partial charge in [-0.1, -0.05) is 29.0 Å². The van der Waals surface area contributed by atoms with Gasteiger partial charge in [0.1, 0.15) is 5.82 Å². The Morgan fingerprint density at radius 3 is 2.66 bits per heavy atom. The Bertz CT molecular complexity index is 1550. The molecule has 1 aromatic heterocycles. The summed E-state index contributed by atoms with van der Waals surface area (Å²) in [6.45, 7) is 3.43. The van der Waals surface area contributed by atoms with Crippen molar-refractivity contribution in [3.63, 3.8) is 0 Å². The summed E-state index contributed by atoms with van der Waals surface area (Å²) in [6.07, 6.45) is 0. The number of benzene rings is 3. The Balaban J connectivity index is 1.65. The zero-order valence-electron chi connectivity index (χ0n) is 18.6. The lowest BCUT2D eigenvalue weighted by Gasteiger charge is -2.09. The molecule has 0 aliphatic rings. The molecule has 0 saturated carbocycles. The smallest absolute Gasteiger partial charge is 0.279 e. The van der Waals surface area contributed by atoms with E-state index in [2.05, 4.69) is 9.71 Å². The van der Waals surface area contributed by atoms with E-state index in [-0.39, 0.29) is 16.1 Å². The zero-order valence-corrected chi connectivity index (χ0v) is 21.0. The highest BCUT2D eigenvalue weighted by molar-refractivity contribution is 7.92. The maximum absolute atomic E-state index is 13.1. The maximum atomic E-state index is 13.1. The largest absolute Gasteiger partial charge is 0.380 e. The minimum atomic E-state index is -3.96. The summed E-state index contributed by atoms with van der Waals surface area (Å²) in [5, 5.41) is 0.578. The third-order valence-corrected chi connectivity index (χ3v) is 7.66. The summed E-state index contributed by atoms with van der Waals surface area (Å²) in [7, 11) is -3.96. The molecule has 0 fully saturated rings. The number of ether oxygens (including phenoxy) is 1. The highest BCUT2D eigenvalue weighted by atomic mass is 35.5. The van der Waals surface area contributed by atoms with Gasteiger partial charge in [0.25, 0.3) is 15.9 Å². The van der Waals surface area contributed by atoms with Crippen LogP contribution >= 0.6 is 22.9 Å². The number of nitrogens with one attached hydrogen (secondary N) is 1. The van der Waals surface area contributed by atoms with Crippen molar-refractivity contribution in [2.45, 2.75) is 18.4 Å². The monoisotopic (exact) mass is 533 g/mol. The van der Waals surface area contributed by atoms with E-state index in [9.17, 15) is 17.6 Å². The highest BCUT2D eigenvalue weighted by Gasteiger charge is 2.16. The van der Waals surface area contributed by atoms with Gasteiger partial charge in [0.15, 0.2) is 4.80 Å². The SMILES string of the molecule is CCOCCn1c(=NC(=O)c2cccc(NS(=O)(=O)c3ccc(F)cc3)c2)sc2cc(Cl)ccc21. The van der Waals surface area contributed by atoms with Crippen LogP contribution in [0.4, 0.5) is 10.1 Å². The molecule has 1 amide bonds. The first-order valence-electron chi connectivity index (χ1n) is 10.6. The molecule has 1 heterocycles. The number of aromatic nitrogens is 1. The molecule has 0 radical (unpaired) electrons. The summed E-state index contributed by atoms with van der Waals surface area (Å²) < 4.78 is 49.0. The number of anilines is 1. The number of halogens is 2. The van der Waals surface area contributed by atoms with E-state index >= 15 is 0 Å². The van der Waals surface area contributed by atoms with Crippen LogP contribution in [0, 0.1) is 5.82 Å². The van der Waals surface area contributed by atoms with Crippen LogP contribution in [0.25, 0.3) is 10.2 Å². The fourth-order valence-electron chi connectivity index (χ4n) is 3.34. The second-order valence-electron chi connectivity index (χ2n) is 7.40. The third kappa shape index (κ3) is 5.96. The summed E-state index contributed by atoms with van der Waals surface area (Å²) in [5.41, 5.74) is 1.27. The van der Waals surface area contributed by atoms with E-state index in [1.165, 1.54) is 23.5 Å². The summed E-state index contributed by atoms with van der Waals surface area (Å²) in [4.78, 5) is 17.7. The first-order chi connectivity index (χ1) is 16.8. The number of thiazole rings is 1. The van der Waals surface area contributed by atoms with Gasteiger partial charge in [0.2, 0.25) is 0 Å². The third-order valence-electron chi connectivity index (χ3n) is 4.99. The fraction of sp³-hybridized carbons (Fsp3) is 0.167. The van der Waals surface area contributed by atoms with Crippen LogP contribution in [0.15, 0.2) is 76.6 Å². The molecule has 3 aromatic carbocycles. The van der Waals surface area contributed by atoms with E-state index in [0.717, 1.165) is 34.5 Å². The first kappa shape index (κ1) is 25.1. The topological polar surface area (TPSA) is 89.8 Å². The van der Waals surface area contributed by atoms with Crippen LogP contribution in [-0.4, -0.2) is 32.1 Å². The maximum Gasteiger partial charge on any atom is 0.279 e. The fourth-order valence-corrected chi connectivity index (χ4v) is 5.72. The summed E-state index contributed by atoms with van der Waals surface area (Å²) in [6, 6.07) is 15.9. The average Bonchev–Trinajstić information content (AvgIpc) is 3.15. The Labute approximate surface area is 210 Å². The van der Waals surface area contributed by atoms with Gasteiger partial charge in [-0.25, -0.2) is 12.8 Å². The standard InChI is InChI=1S/C24H21ClFN3O4S2/c1-2-33-13-12-29-21-11-6-17(25)15-22(21)34-24(29)27-23(30)16-4-3-5-19(14-16)28-35(31,32)20-9-7-18(26)8-10-20/h3-11,14-15,28H,2,12-13H2,1H3. The van der Waals surface area contributed by atoms with Crippen LogP contribution in [0.2, 0.25) is 5.02 Å². The zero-order chi connectivity index (χ0) is 25.0. The summed E-state index contributed by atoms with van der Waals surface area (Å²) >= 11 is 7.46. The lowest BCUT2D eigenvalue weighted by Crippen LogP contribution is -2.20. The van der Waals surface area contributed by atoms with E-state index in [0.29, 0.717) is 29.6 Å². The molecule has 4 aromatic rings. The molecule has 0 bridgehead atoms. The van der Waals surface area contributed by atoms with E-state index in [4.69, 9.17) is 16.3 Å². The molecule has 0 atom stereocenters. The van der Waals surface area contributed by atoms with Gasteiger partial charge in [0, 0.05) is 29.4 Å². The number of nitrogens with zero attached hydrogens (tertiary/aromatic N) is 2. The van der Waals surface area contributed by atoms with Crippen LogP contribution in [0.3, 0.4) is 0 Å². The molecule has 4 rings (SSSR count). The highest BCUT2D eigenvalue weighted by Crippen LogP contribution is 2.22. The number of carbonyl (C=O) groups excluding carboxylic acids is 1. The number of fused-ring (bicyclic) bond motifs is 1. The molecular weight excluding hydrogens is 513 g/mol. The molecule has 0 spiro atoms. The van der Waals surface area contributed by atoms with Crippen molar-refractivity contribution in [1.29, 1.82) is 0 Å². The second-order valence-corrected chi connectivity index (χ2v) is 10.5. The lowest BCUT2D eigenvalue weighted by molar-refractivity contribution is 0.0996. The van der Waals surface area contributed by atoms with Gasteiger partial charge >= 0.3 is 0 Å². The van der Waals surface area contributed by atoms with Crippen LogP contribution in [0.5, 0.6) is 0 Å². The molecule has 0 saturated heterocycles. The molecule has 1 N–H and O–H groups in total.